The van der Waals surface area contributed by atoms with Gasteiger partial charge in [0.15, 0.2) is 0 Å². The van der Waals surface area contributed by atoms with Crippen LogP contribution in [-0.2, 0) is 10.0 Å². The first kappa shape index (κ1) is 20.4. The van der Waals surface area contributed by atoms with Crippen molar-refractivity contribution in [2.24, 2.45) is 0 Å². The van der Waals surface area contributed by atoms with E-state index in [1.54, 1.807) is 42.7 Å². The molecule has 7 nitrogen and oxygen atoms in total. The normalized spacial score (nSPS) is 11.2. The largest absolute Gasteiger partial charge is 0.346 e. The Morgan fingerprint density at radius 1 is 0.879 bits per heavy atom. The van der Waals surface area contributed by atoms with Crippen LogP contribution < -0.4 is 4.72 Å². The maximum atomic E-state index is 12.7. The summed E-state index contributed by atoms with van der Waals surface area (Å²) in [5.74, 6) is 0. The molecule has 2 aromatic carbocycles. The predicted octanol–water partition coefficient (Wildman–Crippen LogP) is 4.96. The van der Waals surface area contributed by atoms with Crippen LogP contribution in [0.1, 0.15) is 5.56 Å². The Bertz CT molecular complexity index is 1620. The molecule has 0 radical (unpaired) electrons. The predicted molar refractivity (Wildman–Crippen MR) is 127 cm³/mol. The minimum Gasteiger partial charge on any atom is -0.346 e. The Morgan fingerprint density at radius 3 is 2.55 bits per heavy atom. The quantitative estimate of drug-likeness (QED) is 0.392. The number of nitrogens with one attached hydrogen (secondary N) is 2. The summed E-state index contributed by atoms with van der Waals surface area (Å²) >= 11 is 0. The molecule has 0 aliphatic rings. The van der Waals surface area contributed by atoms with Gasteiger partial charge < -0.3 is 4.98 Å². The van der Waals surface area contributed by atoms with Crippen LogP contribution in [0, 0.1) is 11.3 Å². The summed E-state index contributed by atoms with van der Waals surface area (Å²) < 4.78 is 28.0. The molecule has 0 atom stereocenters. The van der Waals surface area contributed by atoms with Gasteiger partial charge in [0.05, 0.1) is 28.4 Å². The van der Waals surface area contributed by atoms with Crippen LogP contribution in [0.15, 0.2) is 96.4 Å². The van der Waals surface area contributed by atoms with Gasteiger partial charge in [-0.25, -0.2) is 13.4 Å². The van der Waals surface area contributed by atoms with Crippen molar-refractivity contribution in [3.63, 3.8) is 0 Å². The van der Waals surface area contributed by atoms with Crippen LogP contribution in [0.5, 0.6) is 0 Å². The summed E-state index contributed by atoms with van der Waals surface area (Å²) in [5.41, 5.74) is 4.96. The number of hydrogen-bond acceptors (Lipinski definition) is 5. The Labute approximate surface area is 190 Å². The van der Waals surface area contributed by atoms with E-state index in [2.05, 4.69) is 25.7 Å². The fourth-order valence-corrected chi connectivity index (χ4v) is 4.68. The molecule has 0 aliphatic carbocycles. The number of nitriles is 1. The third kappa shape index (κ3) is 4.05. The highest BCUT2D eigenvalue weighted by Crippen LogP contribution is 2.32. The van der Waals surface area contributed by atoms with E-state index in [0.29, 0.717) is 16.9 Å². The van der Waals surface area contributed by atoms with Gasteiger partial charge in [-0.05, 0) is 42.0 Å². The van der Waals surface area contributed by atoms with E-state index in [0.717, 1.165) is 27.6 Å². The molecule has 33 heavy (non-hydrogen) atoms. The second-order valence-corrected chi connectivity index (χ2v) is 9.08. The summed E-state index contributed by atoms with van der Waals surface area (Å²) in [5, 5.41) is 10.1. The smallest absolute Gasteiger partial charge is 0.261 e. The minimum atomic E-state index is -3.73. The lowest BCUT2D eigenvalue weighted by Gasteiger charge is -2.09. The SMILES string of the molecule is N#Cc1cccc(-c2cnc3[nH]cc(-c4cncc(NS(=O)(=O)c5ccccc5)c4)c3c2)c1. The third-order valence-electron chi connectivity index (χ3n) is 5.21. The molecule has 3 aromatic heterocycles. The van der Waals surface area contributed by atoms with E-state index < -0.39 is 10.0 Å². The fourth-order valence-electron chi connectivity index (χ4n) is 3.63. The second kappa shape index (κ2) is 8.22. The number of aromatic nitrogens is 3. The molecule has 0 bridgehead atoms. The number of H-pyrrole nitrogens is 1. The Kier molecular flexibility index (Phi) is 5.09. The lowest BCUT2D eigenvalue weighted by atomic mass is 10.0. The summed E-state index contributed by atoms with van der Waals surface area (Å²) in [6, 6.07) is 21.4. The third-order valence-corrected chi connectivity index (χ3v) is 6.61. The monoisotopic (exact) mass is 451 g/mol. The van der Waals surface area contributed by atoms with Crippen molar-refractivity contribution in [1.29, 1.82) is 5.26 Å². The number of aromatic amines is 1. The van der Waals surface area contributed by atoms with Crippen LogP contribution in [-0.4, -0.2) is 23.4 Å². The summed E-state index contributed by atoms with van der Waals surface area (Å²) in [6.45, 7) is 0. The van der Waals surface area contributed by atoms with E-state index in [-0.39, 0.29) is 4.90 Å². The zero-order valence-corrected chi connectivity index (χ0v) is 18.0. The molecule has 0 amide bonds. The van der Waals surface area contributed by atoms with Crippen molar-refractivity contribution < 1.29 is 8.42 Å². The molecule has 160 valence electrons. The standard InChI is InChI=1S/C25H17N5O2S/c26-12-17-5-4-6-18(9-17)19-11-23-24(16-29-25(23)28-14-19)20-10-21(15-27-13-20)30-33(31,32)22-7-2-1-3-8-22/h1-11,13-16,30H,(H,28,29). The van der Waals surface area contributed by atoms with E-state index in [9.17, 15) is 13.7 Å². The van der Waals surface area contributed by atoms with Crippen LogP contribution in [0.25, 0.3) is 33.3 Å². The highest BCUT2D eigenvalue weighted by Gasteiger charge is 2.15. The first-order valence-corrected chi connectivity index (χ1v) is 11.5. The Hall–Kier alpha value is -4.48. The Balaban J connectivity index is 1.53. The zero-order chi connectivity index (χ0) is 22.8. The van der Waals surface area contributed by atoms with Gasteiger partial charge in [-0.1, -0.05) is 30.3 Å². The van der Waals surface area contributed by atoms with E-state index in [4.69, 9.17) is 0 Å². The summed E-state index contributed by atoms with van der Waals surface area (Å²) in [4.78, 5) is 12.1. The summed E-state index contributed by atoms with van der Waals surface area (Å²) in [7, 11) is -3.73. The average Bonchev–Trinajstić information content (AvgIpc) is 3.28. The first-order valence-electron chi connectivity index (χ1n) is 10.0. The molecule has 5 aromatic rings. The molecule has 2 N–H and O–H groups in total. The number of pyridine rings is 2. The fraction of sp³-hybridized carbons (Fsp3) is 0. The number of hydrogen-bond donors (Lipinski definition) is 2. The highest BCUT2D eigenvalue weighted by molar-refractivity contribution is 7.92. The minimum absolute atomic E-state index is 0.177. The van der Waals surface area contributed by atoms with Crippen LogP contribution in [0.3, 0.4) is 0 Å². The number of rotatable bonds is 5. The van der Waals surface area contributed by atoms with Gasteiger partial charge >= 0.3 is 0 Å². The maximum absolute atomic E-state index is 12.7. The molecule has 0 saturated carbocycles. The average molecular weight is 452 g/mol. The summed E-state index contributed by atoms with van der Waals surface area (Å²) in [6.07, 6.45) is 6.71. The van der Waals surface area contributed by atoms with Crippen molar-refractivity contribution in [2.45, 2.75) is 4.90 Å². The number of benzene rings is 2. The number of nitrogens with zero attached hydrogens (tertiary/aromatic N) is 3. The van der Waals surface area contributed by atoms with E-state index >= 15 is 0 Å². The zero-order valence-electron chi connectivity index (χ0n) is 17.2. The lowest BCUT2D eigenvalue weighted by Crippen LogP contribution is -2.12. The molecule has 0 aliphatic heterocycles. The molecule has 3 heterocycles. The maximum Gasteiger partial charge on any atom is 0.261 e. The Morgan fingerprint density at radius 2 is 1.73 bits per heavy atom. The first-order chi connectivity index (χ1) is 16.0. The van der Waals surface area contributed by atoms with Gasteiger partial charge in [0.1, 0.15) is 5.65 Å². The van der Waals surface area contributed by atoms with Gasteiger partial charge in [0, 0.05) is 40.7 Å². The van der Waals surface area contributed by atoms with Gasteiger partial charge in [0.2, 0.25) is 0 Å². The topological polar surface area (TPSA) is 112 Å². The van der Waals surface area contributed by atoms with Crippen molar-refractivity contribution in [3.05, 3.63) is 97.1 Å². The molecule has 8 heteroatoms. The second-order valence-electron chi connectivity index (χ2n) is 7.40. The van der Waals surface area contributed by atoms with Crippen LogP contribution in [0.2, 0.25) is 0 Å². The van der Waals surface area contributed by atoms with Crippen LogP contribution in [0.4, 0.5) is 5.69 Å². The molecular weight excluding hydrogens is 434 g/mol. The number of fused-ring (bicyclic) bond motifs is 1. The highest BCUT2D eigenvalue weighted by atomic mass is 32.2. The van der Waals surface area contributed by atoms with Crippen molar-refractivity contribution in [3.8, 4) is 28.3 Å². The van der Waals surface area contributed by atoms with Crippen molar-refractivity contribution in [1.82, 2.24) is 15.0 Å². The molecule has 0 fully saturated rings. The van der Waals surface area contributed by atoms with Gasteiger partial charge in [-0.2, -0.15) is 5.26 Å². The van der Waals surface area contributed by atoms with E-state index in [1.165, 1.54) is 18.3 Å². The van der Waals surface area contributed by atoms with Gasteiger partial charge in [0.25, 0.3) is 10.0 Å². The van der Waals surface area contributed by atoms with Gasteiger partial charge in [-0.15, -0.1) is 0 Å². The molecule has 0 unspecified atom stereocenters. The van der Waals surface area contributed by atoms with Crippen molar-refractivity contribution >= 4 is 26.7 Å². The lowest BCUT2D eigenvalue weighted by molar-refractivity contribution is 0.601. The van der Waals surface area contributed by atoms with Crippen molar-refractivity contribution in [2.75, 3.05) is 4.72 Å². The van der Waals surface area contributed by atoms with Crippen LogP contribution >= 0.6 is 0 Å². The molecule has 0 spiro atoms. The molecule has 0 saturated heterocycles. The van der Waals surface area contributed by atoms with E-state index in [1.807, 2.05) is 30.5 Å². The molecular formula is C25H17N5O2S. The van der Waals surface area contributed by atoms with Gasteiger partial charge in [-0.3, -0.25) is 9.71 Å². The number of sulfonamides is 1. The molecule has 5 rings (SSSR count). The number of anilines is 1.